The lowest BCUT2D eigenvalue weighted by Crippen LogP contribution is -2.53. The zero-order chi connectivity index (χ0) is 16.5. The molecule has 0 unspecified atom stereocenters. The van der Waals surface area contributed by atoms with Crippen LogP contribution < -0.4 is 0 Å². The lowest BCUT2D eigenvalue weighted by atomic mass is 10.0. The third kappa shape index (κ3) is 2.76. The average Bonchev–Trinajstić information content (AvgIpc) is 3.07. The van der Waals surface area contributed by atoms with Crippen molar-refractivity contribution in [3.8, 4) is 11.5 Å². The number of morpholine rings is 1. The van der Waals surface area contributed by atoms with Gasteiger partial charge in [-0.2, -0.15) is 0 Å². The van der Waals surface area contributed by atoms with Crippen molar-refractivity contribution in [2.75, 3.05) is 6.61 Å². The second kappa shape index (κ2) is 6.05. The fraction of sp³-hybridized carbons (Fsp3) is 0.278. The summed E-state index contributed by atoms with van der Waals surface area (Å²) >= 11 is 0. The average molecular weight is 323 g/mol. The molecule has 0 N–H and O–H groups in total. The monoisotopic (exact) mass is 323 g/mol. The van der Waals surface area contributed by atoms with Crippen LogP contribution in [0.3, 0.4) is 0 Å². The summed E-state index contributed by atoms with van der Waals surface area (Å²) in [5.74, 6) is 0.801. The Morgan fingerprint density at radius 3 is 2.79 bits per heavy atom. The molecule has 2 aromatic rings. The summed E-state index contributed by atoms with van der Waals surface area (Å²) in [4.78, 5) is 13.9. The number of hydrogen-bond acceptors (Lipinski definition) is 5. The SMILES string of the molecule is Cc1ccc(-c2nnc(CN3C(=O)CO[C@@H]4C=CC=C[C@@H]43)o2)cc1. The smallest absolute Gasteiger partial charge is 0.249 e. The standard InChI is InChI=1S/C18H17N3O3/c1-12-6-8-13(9-7-12)18-20-19-16(24-18)10-21-14-4-2-3-5-15(14)23-11-17(21)22/h2-9,14-15H,10-11H2,1H3/t14-,15+/m0/s1. The molecule has 0 spiro atoms. The van der Waals surface area contributed by atoms with E-state index in [-0.39, 0.29) is 31.2 Å². The highest BCUT2D eigenvalue weighted by atomic mass is 16.5. The van der Waals surface area contributed by atoms with Gasteiger partial charge in [-0.3, -0.25) is 4.79 Å². The van der Waals surface area contributed by atoms with E-state index in [2.05, 4.69) is 10.2 Å². The Morgan fingerprint density at radius 1 is 1.17 bits per heavy atom. The number of aryl methyl sites for hydroxylation is 1. The second-order valence-electron chi connectivity index (χ2n) is 5.92. The number of hydrogen-bond donors (Lipinski definition) is 0. The number of carbonyl (C=O) groups excluding carboxylic acids is 1. The molecular formula is C18H17N3O3. The zero-order valence-electron chi connectivity index (χ0n) is 13.3. The van der Waals surface area contributed by atoms with Crippen LogP contribution in [-0.2, 0) is 16.1 Å². The topological polar surface area (TPSA) is 68.5 Å². The number of rotatable bonds is 3. The maximum atomic E-state index is 12.2. The van der Waals surface area contributed by atoms with E-state index >= 15 is 0 Å². The Bertz CT molecular complexity index is 807. The Labute approximate surface area is 139 Å². The fourth-order valence-electron chi connectivity index (χ4n) is 2.90. The van der Waals surface area contributed by atoms with Gasteiger partial charge in [0.2, 0.25) is 17.7 Å². The Balaban J connectivity index is 1.54. The Hall–Kier alpha value is -2.73. The number of allylic oxidation sites excluding steroid dienone is 2. The predicted octanol–water partition coefficient (Wildman–Crippen LogP) is 2.27. The van der Waals surface area contributed by atoms with Crippen molar-refractivity contribution < 1.29 is 13.9 Å². The number of carbonyl (C=O) groups is 1. The largest absolute Gasteiger partial charge is 0.419 e. The lowest BCUT2D eigenvalue weighted by molar-refractivity contribution is -0.152. The van der Waals surface area contributed by atoms with E-state index < -0.39 is 0 Å². The minimum Gasteiger partial charge on any atom is -0.419 e. The second-order valence-corrected chi connectivity index (χ2v) is 5.92. The van der Waals surface area contributed by atoms with Crippen molar-refractivity contribution >= 4 is 5.91 Å². The van der Waals surface area contributed by atoms with Crippen molar-refractivity contribution in [2.24, 2.45) is 0 Å². The summed E-state index contributed by atoms with van der Waals surface area (Å²) in [6.45, 7) is 2.37. The van der Waals surface area contributed by atoms with Crippen LogP contribution in [0.15, 0.2) is 53.0 Å². The molecular weight excluding hydrogens is 306 g/mol. The van der Waals surface area contributed by atoms with Gasteiger partial charge in [-0.25, -0.2) is 0 Å². The van der Waals surface area contributed by atoms with Crippen molar-refractivity contribution in [1.29, 1.82) is 0 Å². The van der Waals surface area contributed by atoms with Crippen molar-refractivity contribution in [1.82, 2.24) is 15.1 Å². The summed E-state index contributed by atoms with van der Waals surface area (Å²) in [6, 6.07) is 7.74. The number of nitrogens with zero attached hydrogens (tertiary/aromatic N) is 3. The third-order valence-corrected chi connectivity index (χ3v) is 4.21. The summed E-state index contributed by atoms with van der Waals surface area (Å²) in [6.07, 6.45) is 7.64. The van der Waals surface area contributed by atoms with Crippen LogP contribution in [0.2, 0.25) is 0 Å². The van der Waals surface area contributed by atoms with Gasteiger partial charge in [-0.1, -0.05) is 42.0 Å². The maximum Gasteiger partial charge on any atom is 0.249 e. The van der Waals surface area contributed by atoms with Gasteiger partial charge in [-0.05, 0) is 19.1 Å². The van der Waals surface area contributed by atoms with E-state index in [1.165, 1.54) is 5.56 Å². The molecule has 0 radical (unpaired) electrons. The summed E-state index contributed by atoms with van der Waals surface area (Å²) in [5.41, 5.74) is 2.03. The molecule has 6 nitrogen and oxygen atoms in total. The summed E-state index contributed by atoms with van der Waals surface area (Å²) in [7, 11) is 0. The summed E-state index contributed by atoms with van der Waals surface area (Å²) < 4.78 is 11.3. The summed E-state index contributed by atoms with van der Waals surface area (Å²) in [5, 5.41) is 8.18. The molecule has 0 bridgehead atoms. The quantitative estimate of drug-likeness (QED) is 0.867. The van der Waals surface area contributed by atoms with Crippen LogP contribution in [0.1, 0.15) is 11.5 Å². The molecule has 2 atom stereocenters. The third-order valence-electron chi connectivity index (χ3n) is 4.21. The minimum atomic E-state index is -0.133. The molecule has 4 rings (SSSR count). The molecule has 1 amide bonds. The van der Waals surface area contributed by atoms with Crippen LogP contribution in [-0.4, -0.2) is 39.8 Å². The first-order valence-electron chi connectivity index (χ1n) is 7.86. The van der Waals surface area contributed by atoms with Gasteiger partial charge in [0.05, 0.1) is 12.6 Å². The van der Waals surface area contributed by atoms with Gasteiger partial charge >= 0.3 is 0 Å². The van der Waals surface area contributed by atoms with Crippen LogP contribution in [0.4, 0.5) is 0 Å². The minimum absolute atomic E-state index is 0.0678. The van der Waals surface area contributed by atoms with Crippen molar-refractivity contribution in [3.05, 3.63) is 60.0 Å². The highest BCUT2D eigenvalue weighted by Crippen LogP contribution is 2.24. The van der Waals surface area contributed by atoms with Crippen LogP contribution >= 0.6 is 0 Å². The van der Waals surface area contributed by atoms with E-state index in [0.29, 0.717) is 11.8 Å². The molecule has 6 heteroatoms. The van der Waals surface area contributed by atoms with Gasteiger partial charge in [0.15, 0.2) is 0 Å². The molecule has 2 aliphatic rings. The molecule has 122 valence electrons. The van der Waals surface area contributed by atoms with E-state index in [0.717, 1.165) is 5.56 Å². The van der Waals surface area contributed by atoms with E-state index in [9.17, 15) is 4.79 Å². The van der Waals surface area contributed by atoms with Gasteiger partial charge in [-0.15, -0.1) is 10.2 Å². The first-order chi connectivity index (χ1) is 11.7. The van der Waals surface area contributed by atoms with Crippen LogP contribution in [0.5, 0.6) is 0 Å². The molecule has 1 fully saturated rings. The van der Waals surface area contributed by atoms with Gasteiger partial charge in [0.1, 0.15) is 12.7 Å². The van der Waals surface area contributed by atoms with Crippen LogP contribution in [0.25, 0.3) is 11.5 Å². The first-order valence-corrected chi connectivity index (χ1v) is 7.86. The molecule has 1 aromatic carbocycles. The normalized spacial score (nSPS) is 22.7. The molecule has 1 aliphatic heterocycles. The van der Waals surface area contributed by atoms with Crippen molar-refractivity contribution in [2.45, 2.75) is 25.6 Å². The number of ether oxygens (including phenoxy) is 1. The maximum absolute atomic E-state index is 12.2. The van der Waals surface area contributed by atoms with Gasteiger partial charge in [0.25, 0.3) is 0 Å². The molecule has 0 saturated carbocycles. The zero-order valence-corrected chi connectivity index (χ0v) is 13.3. The van der Waals surface area contributed by atoms with E-state index in [1.54, 1.807) is 4.90 Å². The van der Waals surface area contributed by atoms with Gasteiger partial charge in [0, 0.05) is 5.56 Å². The Kier molecular flexibility index (Phi) is 3.74. The number of fused-ring (bicyclic) bond motifs is 1. The van der Waals surface area contributed by atoms with Crippen molar-refractivity contribution in [3.63, 3.8) is 0 Å². The predicted molar refractivity (Wildman–Crippen MR) is 86.8 cm³/mol. The van der Waals surface area contributed by atoms with E-state index in [4.69, 9.17) is 9.15 Å². The molecule has 1 saturated heterocycles. The number of aromatic nitrogens is 2. The highest BCUT2D eigenvalue weighted by Gasteiger charge is 2.35. The number of amides is 1. The fourth-order valence-corrected chi connectivity index (χ4v) is 2.90. The molecule has 1 aromatic heterocycles. The lowest BCUT2D eigenvalue weighted by Gasteiger charge is -2.38. The first kappa shape index (κ1) is 14.8. The van der Waals surface area contributed by atoms with Gasteiger partial charge < -0.3 is 14.1 Å². The van der Waals surface area contributed by atoms with Crippen LogP contribution in [0, 0.1) is 6.92 Å². The highest BCUT2D eigenvalue weighted by molar-refractivity contribution is 5.79. The molecule has 24 heavy (non-hydrogen) atoms. The number of benzene rings is 1. The Morgan fingerprint density at radius 2 is 1.96 bits per heavy atom. The molecule has 1 aliphatic carbocycles. The van der Waals surface area contributed by atoms with E-state index in [1.807, 2.05) is 55.5 Å². The molecule has 2 heterocycles.